The van der Waals surface area contributed by atoms with Crippen LogP contribution in [0.1, 0.15) is 42.5 Å². The Morgan fingerprint density at radius 3 is 2.83 bits per heavy atom. The second kappa shape index (κ2) is 6.09. The third-order valence-electron chi connectivity index (χ3n) is 3.11. The quantitative estimate of drug-likeness (QED) is 0.852. The van der Waals surface area contributed by atoms with E-state index in [1.807, 2.05) is 0 Å². The lowest BCUT2D eigenvalue weighted by Crippen LogP contribution is -2.11. The Bertz CT molecular complexity index is 431. The second-order valence-corrected chi connectivity index (χ2v) is 5.78. The molecule has 5 heteroatoms. The molecule has 1 aromatic heterocycles. The number of pyridine rings is 1. The van der Waals surface area contributed by atoms with E-state index in [-0.39, 0.29) is 5.97 Å². The molecule has 1 aromatic rings. The second-order valence-electron chi connectivity index (χ2n) is 4.49. The number of ether oxygens (including phenoxy) is 1. The molecule has 1 aliphatic carbocycles. The Morgan fingerprint density at radius 2 is 2.17 bits per heavy atom. The lowest BCUT2D eigenvalue weighted by molar-refractivity contribution is 0.0596. The highest BCUT2D eigenvalue weighted by atomic mass is 32.2. The molecule has 4 nitrogen and oxygen atoms in total. The molecule has 0 amide bonds. The van der Waals surface area contributed by atoms with Gasteiger partial charge in [0.25, 0.3) is 0 Å². The van der Waals surface area contributed by atoms with E-state index in [2.05, 4.69) is 4.98 Å². The van der Waals surface area contributed by atoms with Gasteiger partial charge in [0.15, 0.2) is 0 Å². The van der Waals surface area contributed by atoms with Gasteiger partial charge in [-0.2, -0.15) is 0 Å². The molecule has 0 aliphatic heterocycles. The van der Waals surface area contributed by atoms with Gasteiger partial charge in [-0.15, -0.1) is 11.8 Å². The molecule has 1 saturated carbocycles. The molecule has 18 heavy (non-hydrogen) atoms. The largest absolute Gasteiger partial charge is 0.465 e. The van der Waals surface area contributed by atoms with Gasteiger partial charge in [0.2, 0.25) is 0 Å². The predicted molar refractivity (Wildman–Crippen MR) is 72.7 cm³/mol. The van der Waals surface area contributed by atoms with Crippen molar-refractivity contribution in [3.8, 4) is 0 Å². The Kier molecular flexibility index (Phi) is 4.47. The predicted octanol–water partition coefficient (Wildman–Crippen LogP) is 2.88. The van der Waals surface area contributed by atoms with E-state index in [9.17, 15) is 4.79 Å². The highest BCUT2D eigenvalue weighted by molar-refractivity contribution is 7.99. The van der Waals surface area contributed by atoms with Crippen molar-refractivity contribution in [3.05, 3.63) is 17.8 Å². The maximum absolute atomic E-state index is 11.7. The van der Waals surface area contributed by atoms with E-state index in [1.54, 1.807) is 24.0 Å². The van der Waals surface area contributed by atoms with Crippen molar-refractivity contribution in [2.75, 3.05) is 12.8 Å². The summed E-state index contributed by atoms with van der Waals surface area (Å²) in [5.41, 5.74) is 6.64. The van der Waals surface area contributed by atoms with Crippen LogP contribution in [0.2, 0.25) is 0 Å². The van der Waals surface area contributed by atoms with E-state index in [1.165, 1.54) is 39.2 Å². The number of esters is 1. The van der Waals surface area contributed by atoms with Gasteiger partial charge in [-0.25, -0.2) is 9.78 Å². The molecular formula is C13H18N2O2S. The summed E-state index contributed by atoms with van der Waals surface area (Å²) in [6.45, 7) is 0. The summed E-state index contributed by atoms with van der Waals surface area (Å²) >= 11 is 1.68. The minimum absolute atomic E-state index is 0.367. The Hall–Kier alpha value is -1.23. The van der Waals surface area contributed by atoms with Gasteiger partial charge in [-0.3, -0.25) is 0 Å². The third-order valence-corrected chi connectivity index (χ3v) is 4.46. The summed E-state index contributed by atoms with van der Waals surface area (Å²) in [6.07, 6.45) is 7.82. The van der Waals surface area contributed by atoms with E-state index >= 15 is 0 Å². The van der Waals surface area contributed by atoms with Crippen LogP contribution < -0.4 is 5.73 Å². The first-order valence-electron chi connectivity index (χ1n) is 6.21. The van der Waals surface area contributed by atoms with Crippen molar-refractivity contribution < 1.29 is 9.53 Å². The number of hydrogen-bond donors (Lipinski definition) is 1. The van der Waals surface area contributed by atoms with Crippen LogP contribution in [0.25, 0.3) is 0 Å². The van der Waals surface area contributed by atoms with Crippen LogP contribution in [0.4, 0.5) is 5.69 Å². The van der Waals surface area contributed by atoms with Crippen molar-refractivity contribution in [2.24, 2.45) is 0 Å². The molecule has 0 bridgehead atoms. The Labute approximate surface area is 111 Å². The van der Waals surface area contributed by atoms with Crippen LogP contribution in [0, 0.1) is 0 Å². The highest BCUT2D eigenvalue weighted by Gasteiger charge is 2.20. The molecule has 0 atom stereocenters. The van der Waals surface area contributed by atoms with Gasteiger partial charge < -0.3 is 10.5 Å². The number of carbonyl (C=O) groups excluding carboxylic acids is 1. The summed E-state index contributed by atoms with van der Waals surface area (Å²) < 4.78 is 4.77. The Balaban J connectivity index is 2.17. The topological polar surface area (TPSA) is 65.2 Å². The third kappa shape index (κ3) is 3.16. The number of methoxy groups -OCH3 is 1. The lowest BCUT2D eigenvalue weighted by atomic mass is 10.0. The average molecular weight is 266 g/mol. The molecule has 0 unspecified atom stereocenters. The number of aromatic nitrogens is 1. The number of nitrogen functional groups attached to an aromatic ring is 1. The van der Waals surface area contributed by atoms with Crippen molar-refractivity contribution in [1.29, 1.82) is 0 Å². The van der Waals surface area contributed by atoms with Crippen LogP contribution >= 0.6 is 11.8 Å². The van der Waals surface area contributed by atoms with Gasteiger partial charge in [-0.05, 0) is 18.9 Å². The fourth-order valence-corrected chi connectivity index (χ4v) is 3.43. The number of anilines is 1. The maximum atomic E-state index is 11.7. The molecular weight excluding hydrogens is 248 g/mol. The number of carbonyl (C=O) groups is 1. The minimum atomic E-state index is -0.367. The maximum Gasteiger partial charge on any atom is 0.340 e. The van der Waals surface area contributed by atoms with Gasteiger partial charge in [0.05, 0.1) is 24.6 Å². The normalized spacial score (nSPS) is 16.5. The SMILES string of the molecule is COC(=O)c1cc(N)cnc1SC1CCCCC1. The van der Waals surface area contributed by atoms with Crippen molar-refractivity contribution in [1.82, 2.24) is 4.98 Å². The highest BCUT2D eigenvalue weighted by Crippen LogP contribution is 2.34. The zero-order chi connectivity index (χ0) is 13.0. The summed E-state index contributed by atoms with van der Waals surface area (Å²) in [5.74, 6) is -0.367. The molecule has 0 aromatic carbocycles. The fraction of sp³-hybridized carbons (Fsp3) is 0.538. The van der Waals surface area contributed by atoms with E-state index < -0.39 is 0 Å². The van der Waals surface area contributed by atoms with Gasteiger partial charge in [-0.1, -0.05) is 19.3 Å². The van der Waals surface area contributed by atoms with Crippen molar-refractivity contribution >= 4 is 23.4 Å². The molecule has 0 saturated heterocycles. The molecule has 0 radical (unpaired) electrons. The average Bonchev–Trinajstić information content (AvgIpc) is 2.41. The van der Waals surface area contributed by atoms with Gasteiger partial charge in [0, 0.05) is 5.25 Å². The molecule has 1 heterocycles. The molecule has 1 aliphatic rings. The number of thioether (sulfide) groups is 1. The Morgan fingerprint density at radius 1 is 1.44 bits per heavy atom. The standard InChI is InChI=1S/C13H18N2O2S/c1-17-13(16)11-7-9(14)8-15-12(11)18-10-5-3-2-4-6-10/h7-8,10H,2-6,14H2,1H3. The summed E-state index contributed by atoms with van der Waals surface area (Å²) in [7, 11) is 1.38. The van der Waals surface area contributed by atoms with Gasteiger partial charge in [0.1, 0.15) is 5.03 Å². The number of hydrogen-bond acceptors (Lipinski definition) is 5. The molecule has 2 rings (SSSR count). The van der Waals surface area contributed by atoms with Crippen molar-refractivity contribution in [2.45, 2.75) is 42.4 Å². The van der Waals surface area contributed by atoms with E-state index in [0.717, 1.165) is 5.03 Å². The van der Waals surface area contributed by atoms with Crippen LogP contribution in [0.5, 0.6) is 0 Å². The zero-order valence-corrected chi connectivity index (χ0v) is 11.3. The zero-order valence-electron chi connectivity index (χ0n) is 10.5. The lowest BCUT2D eigenvalue weighted by Gasteiger charge is -2.21. The number of nitrogens with zero attached hydrogens (tertiary/aromatic N) is 1. The number of rotatable bonds is 3. The summed E-state index contributed by atoms with van der Waals surface area (Å²) in [5, 5.41) is 1.29. The first-order valence-corrected chi connectivity index (χ1v) is 7.09. The van der Waals surface area contributed by atoms with Gasteiger partial charge >= 0.3 is 5.97 Å². The number of nitrogens with two attached hydrogens (primary N) is 1. The molecule has 0 spiro atoms. The monoisotopic (exact) mass is 266 g/mol. The van der Waals surface area contributed by atoms with Crippen LogP contribution in [0.3, 0.4) is 0 Å². The van der Waals surface area contributed by atoms with Crippen LogP contribution in [-0.4, -0.2) is 23.3 Å². The molecule has 98 valence electrons. The minimum Gasteiger partial charge on any atom is -0.465 e. The summed E-state index contributed by atoms with van der Waals surface area (Å²) in [4.78, 5) is 16.0. The first-order chi connectivity index (χ1) is 8.70. The van der Waals surface area contributed by atoms with E-state index in [0.29, 0.717) is 16.5 Å². The van der Waals surface area contributed by atoms with Crippen molar-refractivity contribution in [3.63, 3.8) is 0 Å². The first kappa shape index (κ1) is 13.2. The van der Waals surface area contributed by atoms with E-state index in [4.69, 9.17) is 10.5 Å². The molecule has 1 fully saturated rings. The smallest absolute Gasteiger partial charge is 0.340 e. The fourth-order valence-electron chi connectivity index (χ4n) is 2.16. The summed E-state index contributed by atoms with van der Waals surface area (Å²) in [6, 6.07) is 1.64. The van der Waals surface area contributed by atoms with Crippen LogP contribution in [0.15, 0.2) is 17.3 Å². The van der Waals surface area contributed by atoms with Crippen LogP contribution in [-0.2, 0) is 4.74 Å². The molecule has 2 N–H and O–H groups in total.